The van der Waals surface area contributed by atoms with E-state index < -0.39 is 24.1 Å². The number of hydrogen-bond acceptors (Lipinski definition) is 6. The third-order valence-electron chi connectivity index (χ3n) is 2.92. The van der Waals surface area contributed by atoms with E-state index in [-0.39, 0.29) is 19.0 Å². The molecule has 2 atom stereocenters. The monoisotopic (exact) mass is 300 g/mol. The minimum atomic E-state index is -0.761. The molecule has 120 valence electrons. The lowest BCUT2D eigenvalue weighted by atomic mass is 9.92. The number of ether oxygens (including phenoxy) is 3. The van der Waals surface area contributed by atoms with Gasteiger partial charge in [-0.15, -0.1) is 0 Å². The Hall–Kier alpha value is -1.85. The summed E-state index contributed by atoms with van der Waals surface area (Å²) < 4.78 is 14.6. The molecule has 0 aromatic heterocycles. The molecule has 0 amide bonds. The zero-order valence-electron chi connectivity index (χ0n) is 13.3. The van der Waals surface area contributed by atoms with E-state index in [9.17, 15) is 14.4 Å². The maximum Gasteiger partial charge on any atom is 0.508 e. The van der Waals surface area contributed by atoms with Gasteiger partial charge < -0.3 is 14.2 Å². The number of carbonyl (C=O) groups is 3. The molecule has 6 nitrogen and oxygen atoms in total. The average Bonchev–Trinajstić information content (AvgIpc) is 2.43. The highest BCUT2D eigenvalue weighted by Gasteiger charge is 2.26. The van der Waals surface area contributed by atoms with Crippen LogP contribution in [-0.4, -0.2) is 37.2 Å². The third kappa shape index (κ3) is 7.48. The van der Waals surface area contributed by atoms with Crippen molar-refractivity contribution in [2.75, 3.05) is 13.2 Å². The number of hydrogen-bond donors (Lipinski definition) is 0. The van der Waals surface area contributed by atoms with Crippen LogP contribution in [0.15, 0.2) is 11.6 Å². The van der Waals surface area contributed by atoms with Crippen LogP contribution in [0.1, 0.15) is 41.0 Å². The molecule has 21 heavy (non-hydrogen) atoms. The van der Waals surface area contributed by atoms with E-state index in [1.807, 2.05) is 0 Å². The second-order valence-electron chi connectivity index (χ2n) is 4.58. The highest BCUT2D eigenvalue weighted by molar-refractivity contribution is 5.81. The van der Waals surface area contributed by atoms with Gasteiger partial charge in [-0.2, -0.15) is 0 Å². The molecule has 0 N–H and O–H groups in total. The highest BCUT2D eigenvalue weighted by atomic mass is 16.7. The highest BCUT2D eigenvalue weighted by Crippen LogP contribution is 2.19. The minimum Gasteiger partial charge on any atom is -0.457 e. The summed E-state index contributed by atoms with van der Waals surface area (Å²) >= 11 is 0. The molecule has 0 rings (SSSR count). The Bertz CT molecular complexity index is 399. The molecular formula is C15H24O6. The molecule has 0 aliphatic heterocycles. The van der Waals surface area contributed by atoms with E-state index in [1.54, 1.807) is 33.8 Å². The quantitative estimate of drug-likeness (QED) is 0.506. The van der Waals surface area contributed by atoms with E-state index >= 15 is 0 Å². The Balaban J connectivity index is 4.77. The first-order valence-electron chi connectivity index (χ1n) is 6.99. The topological polar surface area (TPSA) is 78.9 Å². The summed E-state index contributed by atoms with van der Waals surface area (Å²) in [5, 5.41) is 0. The van der Waals surface area contributed by atoms with Crippen LogP contribution in [0, 0.1) is 5.92 Å². The fourth-order valence-electron chi connectivity index (χ4n) is 1.78. The molecule has 0 radical (unpaired) electrons. The predicted octanol–water partition coefficient (Wildman–Crippen LogP) is 2.65. The molecule has 0 saturated carbocycles. The molecule has 0 unspecified atom stereocenters. The van der Waals surface area contributed by atoms with Gasteiger partial charge in [-0.05, 0) is 25.5 Å². The predicted molar refractivity (Wildman–Crippen MR) is 76.7 cm³/mol. The molecule has 0 spiro atoms. The van der Waals surface area contributed by atoms with E-state index in [2.05, 4.69) is 4.74 Å². The van der Waals surface area contributed by atoms with Crippen molar-refractivity contribution in [2.24, 2.45) is 5.92 Å². The van der Waals surface area contributed by atoms with Crippen molar-refractivity contribution < 1.29 is 28.6 Å². The lowest BCUT2D eigenvalue weighted by Crippen LogP contribution is -2.31. The normalized spacial score (nSPS) is 14.0. The van der Waals surface area contributed by atoms with Gasteiger partial charge in [0.15, 0.2) is 0 Å². The van der Waals surface area contributed by atoms with Gasteiger partial charge in [0, 0.05) is 13.3 Å². The molecule has 0 aliphatic carbocycles. The van der Waals surface area contributed by atoms with Crippen LogP contribution in [-0.2, 0) is 23.8 Å². The van der Waals surface area contributed by atoms with Gasteiger partial charge in [0.2, 0.25) is 0 Å². The van der Waals surface area contributed by atoms with Crippen molar-refractivity contribution in [3.05, 3.63) is 11.6 Å². The van der Waals surface area contributed by atoms with Gasteiger partial charge in [0.1, 0.15) is 18.5 Å². The summed E-state index contributed by atoms with van der Waals surface area (Å²) in [4.78, 5) is 34.0. The van der Waals surface area contributed by atoms with E-state index in [4.69, 9.17) is 9.47 Å². The number of esters is 1. The Morgan fingerprint density at radius 1 is 1.10 bits per heavy atom. The lowest BCUT2D eigenvalue weighted by molar-refractivity contribution is -0.148. The summed E-state index contributed by atoms with van der Waals surface area (Å²) in [7, 11) is 0. The number of ketones is 1. The lowest BCUT2D eigenvalue weighted by Gasteiger charge is -2.23. The largest absolute Gasteiger partial charge is 0.508 e. The van der Waals surface area contributed by atoms with Crippen molar-refractivity contribution in [2.45, 2.75) is 47.1 Å². The van der Waals surface area contributed by atoms with Crippen LogP contribution in [0.25, 0.3) is 0 Å². The van der Waals surface area contributed by atoms with Crippen LogP contribution in [0.2, 0.25) is 0 Å². The molecule has 0 aromatic carbocycles. The summed E-state index contributed by atoms with van der Waals surface area (Å²) in [5.74, 6) is -0.909. The number of Topliss-reactive ketones (excluding diaryl/α,β-unsaturated/α-hetero) is 1. The first-order valence-corrected chi connectivity index (χ1v) is 6.99. The van der Waals surface area contributed by atoms with Gasteiger partial charge in [-0.1, -0.05) is 13.8 Å². The molecule has 6 heteroatoms. The van der Waals surface area contributed by atoms with E-state index in [0.29, 0.717) is 12.0 Å². The Morgan fingerprint density at radius 2 is 1.71 bits per heavy atom. The van der Waals surface area contributed by atoms with Gasteiger partial charge in [0.25, 0.3) is 0 Å². The van der Waals surface area contributed by atoms with Crippen LogP contribution in [0.5, 0.6) is 0 Å². The van der Waals surface area contributed by atoms with Crippen molar-refractivity contribution >= 4 is 17.9 Å². The first kappa shape index (κ1) is 19.1. The zero-order chi connectivity index (χ0) is 16.4. The fraction of sp³-hybridized carbons (Fsp3) is 0.667. The van der Waals surface area contributed by atoms with Crippen LogP contribution < -0.4 is 0 Å². The average molecular weight is 300 g/mol. The van der Waals surface area contributed by atoms with Crippen LogP contribution in [0.4, 0.5) is 4.79 Å². The second-order valence-corrected chi connectivity index (χ2v) is 4.58. The SMILES string of the molecule is CCOC(=O)OC/C=C(\C)[C@H](OC(C)=O)[C@H](C)C(=O)CC. The summed E-state index contributed by atoms with van der Waals surface area (Å²) in [6.07, 6.45) is 0.555. The zero-order valence-corrected chi connectivity index (χ0v) is 13.3. The maximum absolute atomic E-state index is 11.8. The second kappa shape index (κ2) is 9.96. The number of carbonyl (C=O) groups excluding carboxylic acids is 3. The molecule has 0 aliphatic rings. The number of rotatable bonds is 8. The molecule has 0 fully saturated rings. The standard InChI is InChI=1S/C15H24O6/c1-6-13(17)11(4)14(21-12(5)16)10(3)8-9-20-15(18)19-7-2/h8,11,14H,6-7,9H2,1-5H3/b10-8+/t11-,14+/m1/s1. The summed E-state index contributed by atoms with van der Waals surface area (Å²) in [6.45, 7) is 8.39. The van der Waals surface area contributed by atoms with Crippen LogP contribution >= 0.6 is 0 Å². The van der Waals surface area contributed by atoms with E-state index in [0.717, 1.165) is 0 Å². The molecule has 0 aromatic rings. The summed E-state index contributed by atoms with van der Waals surface area (Å²) in [5.41, 5.74) is 0.656. The van der Waals surface area contributed by atoms with Crippen molar-refractivity contribution in [3.8, 4) is 0 Å². The Morgan fingerprint density at radius 3 is 2.19 bits per heavy atom. The Kier molecular flexibility index (Phi) is 9.08. The van der Waals surface area contributed by atoms with Crippen molar-refractivity contribution in [3.63, 3.8) is 0 Å². The van der Waals surface area contributed by atoms with Gasteiger partial charge >= 0.3 is 12.1 Å². The molecule has 0 heterocycles. The Labute approximate surface area is 125 Å². The van der Waals surface area contributed by atoms with Gasteiger partial charge in [-0.25, -0.2) is 4.79 Å². The first-order chi connectivity index (χ1) is 9.83. The van der Waals surface area contributed by atoms with Crippen molar-refractivity contribution in [1.82, 2.24) is 0 Å². The van der Waals surface area contributed by atoms with Gasteiger partial charge in [0.05, 0.1) is 12.5 Å². The molecule has 0 saturated heterocycles. The fourth-order valence-corrected chi connectivity index (χ4v) is 1.78. The third-order valence-corrected chi connectivity index (χ3v) is 2.92. The molecule has 0 bridgehead atoms. The minimum absolute atomic E-state index is 0.000288. The summed E-state index contributed by atoms with van der Waals surface area (Å²) in [6, 6.07) is 0. The van der Waals surface area contributed by atoms with Crippen molar-refractivity contribution in [1.29, 1.82) is 0 Å². The molecular weight excluding hydrogens is 276 g/mol. The smallest absolute Gasteiger partial charge is 0.457 e. The maximum atomic E-state index is 11.8. The van der Waals surface area contributed by atoms with Gasteiger partial charge in [-0.3, -0.25) is 9.59 Å². The van der Waals surface area contributed by atoms with E-state index in [1.165, 1.54) is 6.92 Å². The van der Waals surface area contributed by atoms with Crippen LogP contribution in [0.3, 0.4) is 0 Å².